The SMILES string of the molecule is CC(C)C1CC(=O)CN1C(=O)OCc1ccccc1. The van der Waals surface area contributed by atoms with Crippen LogP contribution in [-0.4, -0.2) is 29.4 Å². The van der Waals surface area contributed by atoms with Crippen LogP contribution in [0.2, 0.25) is 0 Å². The van der Waals surface area contributed by atoms with Crippen LogP contribution in [0.3, 0.4) is 0 Å². The van der Waals surface area contributed by atoms with Crippen LogP contribution in [0.4, 0.5) is 4.79 Å². The van der Waals surface area contributed by atoms with Gasteiger partial charge < -0.3 is 4.74 Å². The van der Waals surface area contributed by atoms with Gasteiger partial charge in [0.15, 0.2) is 5.78 Å². The third kappa shape index (κ3) is 3.34. The standard InChI is InChI=1S/C15H19NO3/c1-11(2)14-8-13(17)9-16(14)15(18)19-10-12-6-4-3-5-7-12/h3-7,11,14H,8-10H2,1-2H3. The van der Waals surface area contributed by atoms with Crippen molar-refractivity contribution in [3.63, 3.8) is 0 Å². The third-order valence-corrected chi connectivity index (χ3v) is 3.39. The van der Waals surface area contributed by atoms with Crippen molar-refractivity contribution in [2.24, 2.45) is 5.92 Å². The van der Waals surface area contributed by atoms with E-state index in [4.69, 9.17) is 4.74 Å². The minimum Gasteiger partial charge on any atom is -0.445 e. The maximum absolute atomic E-state index is 12.0. The molecule has 1 fully saturated rings. The summed E-state index contributed by atoms with van der Waals surface area (Å²) in [6.07, 6.45) is 0.0476. The maximum Gasteiger partial charge on any atom is 0.410 e. The van der Waals surface area contributed by atoms with E-state index in [-0.39, 0.29) is 30.9 Å². The first kappa shape index (κ1) is 13.6. The van der Waals surface area contributed by atoms with Gasteiger partial charge in [-0.1, -0.05) is 44.2 Å². The van der Waals surface area contributed by atoms with Gasteiger partial charge in [-0.15, -0.1) is 0 Å². The number of ether oxygens (including phenoxy) is 1. The highest BCUT2D eigenvalue weighted by Gasteiger charge is 2.36. The van der Waals surface area contributed by atoms with E-state index >= 15 is 0 Å². The molecule has 1 unspecified atom stereocenters. The Labute approximate surface area is 113 Å². The maximum atomic E-state index is 12.0. The molecule has 1 amide bonds. The smallest absolute Gasteiger partial charge is 0.410 e. The summed E-state index contributed by atoms with van der Waals surface area (Å²) in [5.41, 5.74) is 0.947. The predicted molar refractivity (Wildman–Crippen MR) is 71.6 cm³/mol. The number of nitrogens with zero attached hydrogens (tertiary/aromatic N) is 1. The van der Waals surface area contributed by atoms with E-state index in [0.717, 1.165) is 5.56 Å². The fourth-order valence-electron chi connectivity index (χ4n) is 2.31. The Morgan fingerprint density at radius 2 is 2.05 bits per heavy atom. The van der Waals surface area contributed by atoms with E-state index in [1.54, 1.807) is 4.90 Å². The molecule has 0 spiro atoms. The molecule has 1 aliphatic rings. The lowest BCUT2D eigenvalue weighted by atomic mass is 10.0. The first-order valence-corrected chi connectivity index (χ1v) is 6.57. The molecule has 0 aromatic heterocycles. The lowest BCUT2D eigenvalue weighted by Crippen LogP contribution is -2.38. The molecular formula is C15H19NO3. The van der Waals surface area contributed by atoms with Crippen LogP contribution in [0.15, 0.2) is 30.3 Å². The number of benzene rings is 1. The molecule has 1 heterocycles. The quantitative estimate of drug-likeness (QED) is 0.840. The molecule has 4 heteroatoms. The number of hydrogen-bond donors (Lipinski definition) is 0. The van der Waals surface area contributed by atoms with Gasteiger partial charge in [0.05, 0.1) is 6.54 Å². The van der Waals surface area contributed by atoms with Crippen molar-refractivity contribution in [2.75, 3.05) is 6.54 Å². The molecule has 19 heavy (non-hydrogen) atoms. The van der Waals surface area contributed by atoms with E-state index in [1.165, 1.54) is 0 Å². The van der Waals surface area contributed by atoms with Crippen molar-refractivity contribution >= 4 is 11.9 Å². The number of hydrogen-bond acceptors (Lipinski definition) is 3. The van der Waals surface area contributed by atoms with Crippen LogP contribution in [0.1, 0.15) is 25.8 Å². The molecule has 1 saturated heterocycles. The van der Waals surface area contributed by atoms with Gasteiger partial charge in [-0.25, -0.2) is 4.79 Å². The number of rotatable bonds is 3. The third-order valence-electron chi connectivity index (χ3n) is 3.39. The number of Topliss-reactive ketones (excluding diaryl/α,β-unsaturated/α-hetero) is 1. The fraction of sp³-hybridized carbons (Fsp3) is 0.467. The molecule has 0 radical (unpaired) electrons. The summed E-state index contributed by atoms with van der Waals surface area (Å²) in [6, 6.07) is 9.50. The van der Waals surface area contributed by atoms with Gasteiger partial charge in [0.25, 0.3) is 0 Å². The Kier molecular flexibility index (Phi) is 4.20. The molecule has 1 aromatic rings. The van der Waals surface area contributed by atoms with E-state index in [0.29, 0.717) is 6.42 Å². The molecule has 0 saturated carbocycles. The van der Waals surface area contributed by atoms with E-state index in [9.17, 15) is 9.59 Å². The lowest BCUT2D eigenvalue weighted by molar-refractivity contribution is -0.116. The Morgan fingerprint density at radius 3 is 2.68 bits per heavy atom. The highest BCUT2D eigenvalue weighted by molar-refractivity contribution is 5.88. The number of ketones is 1. The predicted octanol–water partition coefficient (Wildman–Crippen LogP) is 2.62. The van der Waals surface area contributed by atoms with Crippen LogP contribution in [0.25, 0.3) is 0 Å². The van der Waals surface area contributed by atoms with Crippen LogP contribution < -0.4 is 0 Å². The van der Waals surface area contributed by atoms with Crippen LogP contribution in [0.5, 0.6) is 0 Å². The van der Waals surface area contributed by atoms with Gasteiger partial charge in [0.1, 0.15) is 6.61 Å². The monoisotopic (exact) mass is 261 g/mol. The largest absolute Gasteiger partial charge is 0.445 e. The van der Waals surface area contributed by atoms with Crippen molar-refractivity contribution < 1.29 is 14.3 Å². The normalized spacial score (nSPS) is 19.0. The Balaban J connectivity index is 1.94. The van der Waals surface area contributed by atoms with Crippen LogP contribution in [-0.2, 0) is 16.1 Å². The molecule has 0 N–H and O–H groups in total. The summed E-state index contributed by atoms with van der Waals surface area (Å²) in [5.74, 6) is 0.367. The molecule has 2 rings (SSSR count). The van der Waals surface area contributed by atoms with Gasteiger partial charge in [-0.3, -0.25) is 9.69 Å². The topological polar surface area (TPSA) is 46.6 Å². The molecule has 1 aliphatic heterocycles. The van der Waals surface area contributed by atoms with Crippen LogP contribution >= 0.6 is 0 Å². The Morgan fingerprint density at radius 1 is 1.37 bits per heavy atom. The lowest BCUT2D eigenvalue weighted by Gasteiger charge is -2.25. The van der Waals surface area contributed by atoms with Gasteiger partial charge >= 0.3 is 6.09 Å². The summed E-state index contributed by atoms with van der Waals surface area (Å²) >= 11 is 0. The second kappa shape index (κ2) is 5.87. The fourth-order valence-corrected chi connectivity index (χ4v) is 2.31. The summed E-state index contributed by atoms with van der Waals surface area (Å²) < 4.78 is 5.28. The number of carbonyl (C=O) groups excluding carboxylic acids is 2. The van der Waals surface area contributed by atoms with Crippen molar-refractivity contribution in [3.05, 3.63) is 35.9 Å². The molecule has 4 nitrogen and oxygen atoms in total. The Bertz CT molecular complexity index is 456. The van der Waals surface area contributed by atoms with Crippen molar-refractivity contribution in [3.8, 4) is 0 Å². The molecular weight excluding hydrogens is 242 g/mol. The average molecular weight is 261 g/mol. The van der Waals surface area contributed by atoms with Crippen LogP contribution in [0, 0.1) is 5.92 Å². The second-order valence-electron chi connectivity index (χ2n) is 5.22. The molecule has 1 atom stereocenters. The van der Waals surface area contributed by atoms with Gasteiger partial charge in [-0.2, -0.15) is 0 Å². The molecule has 1 aromatic carbocycles. The Hall–Kier alpha value is -1.84. The highest BCUT2D eigenvalue weighted by Crippen LogP contribution is 2.22. The molecule has 0 aliphatic carbocycles. The number of amides is 1. The first-order chi connectivity index (χ1) is 9.08. The van der Waals surface area contributed by atoms with E-state index in [2.05, 4.69) is 0 Å². The molecule has 102 valence electrons. The van der Waals surface area contributed by atoms with Crippen molar-refractivity contribution in [2.45, 2.75) is 32.9 Å². The van der Waals surface area contributed by atoms with Crippen molar-refractivity contribution in [1.29, 1.82) is 0 Å². The van der Waals surface area contributed by atoms with E-state index < -0.39 is 6.09 Å². The average Bonchev–Trinajstić information content (AvgIpc) is 2.79. The second-order valence-corrected chi connectivity index (χ2v) is 5.22. The van der Waals surface area contributed by atoms with Gasteiger partial charge in [0.2, 0.25) is 0 Å². The van der Waals surface area contributed by atoms with Gasteiger partial charge in [0, 0.05) is 12.5 Å². The van der Waals surface area contributed by atoms with Crippen molar-refractivity contribution in [1.82, 2.24) is 4.90 Å². The summed E-state index contributed by atoms with van der Waals surface area (Å²) in [6.45, 7) is 4.45. The summed E-state index contributed by atoms with van der Waals surface area (Å²) in [7, 11) is 0. The van der Waals surface area contributed by atoms with Gasteiger partial charge in [-0.05, 0) is 11.5 Å². The zero-order valence-electron chi connectivity index (χ0n) is 11.3. The number of likely N-dealkylation sites (tertiary alicyclic amines) is 1. The first-order valence-electron chi connectivity index (χ1n) is 6.57. The highest BCUT2D eigenvalue weighted by atomic mass is 16.6. The molecule has 0 bridgehead atoms. The summed E-state index contributed by atoms with van der Waals surface area (Å²) in [5, 5.41) is 0. The zero-order chi connectivity index (χ0) is 13.8. The minimum absolute atomic E-state index is 0.0317. The summed E-state index contributed by atoms with van der Waals surface area (Å²) in [4.78, 5) is 25.1. The number of carbonyl (C=O) groups is 2. The minimum atomic E-state index is -0.395. The van der Waals surface area contributed by atoms with E-state index in [1.807, 2.05) is 44.2 Å². The zero-order valence-corrected chi connectivity index (χ0v) is 11.3.